The lowest BCUT2D eigenvalue weighted by atomic mass is 10.1. The van der Waals surface area contributed by atoms with Gasteiger partial charge in [0.25, 0.3) is 0 Å². The lowest BCUT2D eigenvalue weighted by Gasteiger charge is -2.05. The number of hydrogen-bond acceptors (Lipinski definition) is 4. The second-order valence-corrected chi connectivity index (χ2v) is 5.54. The molecule has 1 aromatic heterocycles. The molecule has 24 heavy (non-hydrogen) atoms. The summed E-state index contributed by atoms with van der Waals surface area (Å²) >= 11 is 0. The number of rotatable bonds is 7. The molecule has 0 aliphatic carbocycles. The summed E-state index contributed by atoms with van der Waals surface area (Å²) in [5.41, 5.74) is 4.56. The number of furan rings is 1. The molecular weight excluding hydrogens is 306 g/mol. The molecule has 0 fully saturated rings. The number of benzene rings is 2. The van der Waals surface area contributed by atoms with Gasteiger partial charge in [-0.15, -0.1) is 0 Å². The van der Waals surface area contributed by atoms with Crippen molar-refractivity contribution >= 4 is 16.9 Å². The van der Waals surface area contributed by atoms with Gasteiger partial charge in [-0.2, -0.15) is 0 Å². The van der Waals surface area contributed by atoms with Crippen molar-refractivity contribution < 1.29 is 19.2 Å². The van der Waals surface area contributed by atoms with Crippen molar-refractivity contribution in [1.29, 1.82) is 0 Å². The second kappa shape index (κ2) is 7.77. The third-order valence-corrected chi connectivity index (χ3v) is 3.75. The highest BCUT2D eigenvalue weighted by atomic mass is 16.5. The molecular formula is C19H19NO4. The molecule has 0 radical (unpaired) electrons. The van der Waals surface area contributed by atoms with Crippen LogP contribution in [0.2, 0.25) is 0 Å². The number of carbonyl (C=O) groups excluding carboxylic acids is 1. The number of amides is 1. The van der Waals surface area contributed by atoms with Gasteiger partial charge in [0.15, 0.2) is 0 Å². The first-order chi connectivity index (χ1) is 11.8. The van der Waals surface area contributed by atoms with Crippen molar-refractivity contribution in [1.82, 2.24) is 5.48 Å². The molecule has 1 heterocycles. The van der Waals surface area contributed by atoms with Crippen LogP contribution in [-0.2, 0) is 16.1 Å². The Morgan fingerprint density at radius 3 is 2.67 bits per heavy atom. The number of ether oxygens (including phenoxy) is 1. The van der Waals surface area contributed by atoms with Crippen LogP contribution in [0, 0.1) is 0 Å². The molecule has 2 N–H and O–H groups in total. The highest BCUT2D eigenvalue weighted by Crippen LogP contribution is 2.27. The van der Waals surface area contributed by atoms with Gasteiger partial charge in [-0.25, -0.2) is 5.48 Å². The topological polar surface area (TPSA) is 71.7 Å². The van der Waals surface area contributed by atoms with E-state index in [4.69, 9.17) is 14.4 Å². The summed E-state index contributed by atoms with van der Waals surface area (Å²) < 4.78 is 11.4. The summed E-state index contributed by atoms with van der Waals surface area (Å²) in [5, 5.41) is 9.48. The molecule has 0 bridgehead atoms. The Labute approximate surface area is 139 Å². The first-order valence-electron chi connectivity index (χ1n) is 7.85. The van der Waals surface area contributed by atoms with E-state index in [1.54, 1.807) is 5.48 Å². The largest absolute Gasteiger partial charge is 0.456 e. The van der Waals surface area contributed by atoms with E-state index >= 15 is 0 Å². The fourth-order valence-corrected chi connectivity index (χ4v) is 2.47. The smallest absolute Gasteiger partial charge is 0.243 e. The molecule has 2 aromatic carbocycles. The third kappa shape index (κ3) is 4.01. The quantitative estimate of drug-likeness (QED) is 0.392. The van der Waals surface area contributed by atoms with Gasteiger partial charge in [-0.1, -0.05) is 42.5 Å². The van der Waals surface area contributed by atoms with Crippen LogP contribution in [0.3, 0.4) is 0 Å². The van der Waals surface area contributed by atoms with Gasteiger partial charge in [-0.3, -0.25) is 10.0 Å². The lowest BCUT2D eigenvalue weighted by Crippen LogP contribution is -2.18. The Morgan fingerprint density at radius 2 is 1.92 bits per heavy atom. The summed E-state index contributed by atoms with van der Waals surface area (Å²) in [4.78, 5) is 10.9. The molecule has 3 rings (SSSR count). The number of para-hydroxylation sites is 1. The summed E-state index contributed by atoms with van der Waals surface area (Å²) in [7, 11) is 0. The van der Waals surface area contributed by atoms with Crippen LogP contribution < -0.4 is 5.48 Å². The van der Waals surface area contributed by atoms with Crippen LogP contribution in [0.4, 0.5) is 0 Å². The van der Waals surface area contributed by atoms with E-state index in [-0.39, 0.29) is 6.42 Å². The van der Waals surface area contributed by atoms with Crippen molar-refractivity contribution in [2.75, 3.05) is 6.61 Å². The van der Waals surface area contributed by atoms with Crippen LogP contribution in [0.25, 0.3) is 22.3 Å². The second-order valence-electron chi connectivity index (χ2n) is 5.54. The molecule has 3 aromatic rings. The zero-order chi connectivity index (χ0) is 16.8. The van der Waals surface area contributed by atoms with Crippen LogP contribution in [0.15, 0.2) is 59.0 Å². The van der Waals surface area contributed by atoms with E-state index in [9.17, 15) is 4.79 Å². The molecule has 5 heteroatoms. The van der Waals surface area contributed by atoms with Crippen LogP contribution >= 0.6 is 0 Å². The van der Waals surface area contributed by atoms with Crippen LogP contribution in [-0.4, -0.2) is 17.7 Å². The SMILES string of the molecule is O=C(CCCOCc1ccc(-c2cc3ccccc3o2)cc1)NO. The Morgan fingerprint density at radius 1 is 1.12 bits per heavy atom. The fraction of sp³-hybridized carbons (Fsp3) is 0.211. The highest BCUT2D eigenvalue weighted by molar-refractivity contribution is 5.82. The Kier molecular flexibility index (Phi) is 5.25. The van der Waals surface area contributed by atoms with Gasteiger partial charge in [-0.05, 0) is 24.1 Å². The maximum Gasteiger partial charge on any atom is 0.243 e. The lowest BCUT2D eigenvalue weighted by molar-refractivity contribution is -0.129. The summed E-state index contributed by atoms with van der Waals surface area (Å²) in [5.74, 6) is 0.451. The zero-order valence-corrected chi connectivity index (χ0v) is 13.2. The standard InChI is InChI=1S/C19H19NO4/c21-19(20-22)6-3-11-23-13-14-7-9-15(10-8-14)18-12-16-4-1-2-5-17(16)24-18/h1-2,4-5,7-10,12,22H,3,6,11,13H2,(H,20,21). The fourth-order valence-electron chi connectivity index (χ4n) is 2.47. The first kappa shape index (κ1) is 16.2. The molecule has 5 nitrogen and oxygen atoms in total. The third-order valence-electron chi connectivity index (χ3n) is 3.75. The Hall–Kier alpha value is -2.63. The minimum atomic E-state index is -0.395. The van der Waals surface area contributed by atoms with Gasteiger partial charge in [0.2, 0.25) is 5.91 Å². The van der Waals surface area contributed by atoms with Gasteiger partial charge >= 0.3 is 0 Å². The van der Waals surface area contributed by atoms with Crippen LogP contribution in [0.1, 0.15) is 18.4 Å². The predicted molar refractivity (Wildman–Crippen MR) is 90.5 cm³/mol. The van der Waals surface area contributed by atoms with Crippen molar-refractivity contribution in [2.24, 2.45) is 0 Å². The van der Waals surface area contributed by atoms with E-state index in [2.05, 4.69) is 0 Å². The van der Waals surface area contributed by atoms with E-state index < -0.39 is 5.91 Å². The van der Waals surface area contributed by atoms with Gasteiger partial charge in [0.1, 0.15) is 11.3 Å². The number of hydroxylamine groups is 1. The number of carbonyl (C=O) groups is 1. The number of hydrogen-bond donors (Lipinski definition) is 2. The minimum Gasteiger partial charge on any atom is -0.456 e. The average Bonchev–Trinajstić information content (AvgIpc) is 3.06. The van der Waals surface area contributed by atoms with E-state index in [1.165, 1.54) is 0 Å². The van der Waals surface area contributed by atoms with Crippen molar-refractivity contribution in [3.8, 4) is 11.3 Å². The molecule has 124 valence electrons. The van der Waals surface area contributed by atoms with E-state index in [0.717, 1.165) is 27.9 Å². The molecule has 1 amide bonds. The van der Waals surface area contributed by atoms with Gasteiger partial charge in [0, 0.05) is 24.0 Å². The van der Waals surface area contributed by atoms with Gasteiger partial charge < -0.3 is 9.15 Å². The van der Waals surface area contributed by atoms with Crippen LogP contribution in [0.5, 0.6) is 0 Å². The molecule has 0 saturated carbocycles. The molecule has 0 saturated heterocycles. The molecule has 0 unspecified atom stereocenters. The average molecular weight is 325 g/mol. The normalized spacial score (nSPS) is 10.9. The molecule has 0 spiro atoms. The zero-order valence-electron chi connectivity index (χ0n) is 13.2. The minimum absolute atomic E-state index is 0.251. The van der Waals surface area contributed by atoms with Crippen molar-refractivity contribution in [3.63, 3.8) is 0 Å². The monoisotopic (exact) mass is 325 g/mol. The highest BCUT2D eigenvalue weighted by Gasteiger charge is 2.06. The van der Waals surface area contributed by atoms with Gasteiger partial charge in [0.05, 0.1) is 6.61 Å². The predicted octanol–water partition coefficient (Wildman–Crippen LogP) is 3.90. The van der Waals surface area contributed by atoms with Crippen molar-refractivity contribution in [2.45, 2.75) is 19.4 Å². The molecule has 0 aliphatic rings. The van der Waals surface area contributed by atoms with Crippen molar-refractivity contribution in [3.05, 3.63) is 60.2 Å². The van der Waals surface area contributed by atoms with E-state index in [1.807, 2.05) is 54.6 Å². The maximum absolute atomic E-state index is 10.9. The molecule has 0 atom stereocenters. The molecule has 0 aliphatic heterocycles. The van der Waals surface area contributed by atoms with E-state index in [0.29, 0.717) is 19.6 Å². The summed E-state index contributed by atoms with van der Waals surface area (Å²) in [6, 6.07) is 18.0. The Balaban J connectivity index is 1.54. The summed E-state index contributed by atoms with van der Waals surface area (Å²) in [6.45, 7) is 0.958. The number of nitrogens with one attached hydrogen (secondary N) is 1. The Bertz CT molecular complexity index is 775. The summed E-state index contributed by atoms with van der Waals surface area (Å²) in [6.07, 6.45) is 0.824. The first-order valence-corrected chi connectivity index (χ1v) is 7.85. The number of fused-ring (bicyclic) bond motifs is 1. The maximum atomic E-state index is 10.9.